The molecule has 2 atom stereocenters. The van der Waals surface area contributed by atoms with E-state index in [9.17, 15) is 27.6 Å². The number of methoxy groups -OCH3 is 1. The van der Waals surface area contributed by atoms with E-state index in [0.717, 1.165) is 28.8 Å². The molecular formula is C38H38F3N2O6+. The molecule has 0 radical (unpaired) electrons. The van der Waals surface area contributed by atoms with Gasteiger partial charge in [0, 0.05) is 18.5 Å². The molecule has 8 nitrogen and oxygen atoms in total. The summed E-state index contributed by atoms with van der Waals surface area (Å²) >= 11 is 0. The van der Waals surface area contributed by atoms with Crippen LogP contribution in [-0.4, -0.2) is 48.4 Å². The number of rotatable bonds is 7. The van der Waals surface area contributed by atoms with Gasteiger partial charge in [-0.2, -0.15) is 18.0 Å². The minimum atomic E-state index is -4.47. The van der Waals surface area contributed by atoms with Crippen LogP contribution in [0.25, 0.3) is 11.1 Å². The first kappa shape index (κ1) is 35.2. The molecule has 0 aromatic heterocycles. The maximum absolute atomic E-state index is 14.1. The smallest absolute Gasteiger partial charge is 0.468 e. The first-order chi connectivity index (χ1) is 23.2. The third-order valence-corrected chi connectivity index (χ3v) is 8.29. The number of hydrogen-bond donors (Lipinski definition) is 1. The van der Waals surface area contributed by atoms with Gasteiger partial charge in [-0.15, -0.1) is 4.48 Å². The largest absolute Gasteiger partial charge is 0.526 e. The van der Waals surface area contributed by atoms with Crippen molar-refractivity contribution in [2.24, 2.45) is 0 Å². The number of ether oxygens (including phenoxy) is 3. The standard InChI is InChI=1S/C38H37F3N2O6/c1-37(2,3)49-36(46)43(21-20-27-14-17-32(22-29(27)24-43)48-31-18-15-30(16-19-31)38(39,40)41)35(45)42-23-33(34(44)47-4)28-12-10-26(11-13-28)25-8-6-5-7-9-25/h5-19,22,33H,20-21,23-24H2,1-4H3/p+1. The lowest BCUT2D eigenvalue weighted by atomic mass is 9.96. The highest BCUT2D eigenvalue weighted by Gasteiger charge is 2.51. The number of halogens is 3. The number of nitrogens with one attached hydrogen (secondary N) is 1. The molecule has 1 heterocycles. The van der Waals surface area contributed by atoms with Gasteiger partial charge >= 0.3 is 24.3 Å². The van der Waals surface area contributed by atoms with Gasteiger partial charge in [0.05, 0.1) is 18.6 Å². The molecule has 1 N–H and O–H groups in total. The van der Waals surface area contributed by atoms with Crippen molar-refractivity contribution in [3.63, 3.8) is 0 Å². The van der Waals surface area contributed by atoms with Gasteiger partial charge in [0.25, 0.3) is 0 Å². The molecule has 256 valence electrons. The van der Waals surface area contributed by atoms with Crippen LogP contribution in [0, 0.1) is 0 Å². The molecule has 5 rings (SSSR count). The fourth-order valence-corrected chi connectivity index (χ4v) is 5.71. The van der Waals surface area contributed by atoms with E-state index in [4.69, 9.17) is 14.2 Å². The van der Waals surface area contributed by atoms with Crippen LogP contribution in [0.4, 0.5) is 22.8 Å². The quantitative estimate of drug-likeness (QED) is 0.156. The van der Waals surface area contributed by atoms with Crippen molar-refractivity contribution in [1.29, 1.82) is 0 Å². The molecule has 3 amide bonds. The van der Waals surface area contributed by atoms with Crippen LogP contribution in [0.5, 0.6) is 11.5 Å². The molecule has 11 heteroatoms. The van der Waals surface area contributed by atoms with Gasteiger partial charge in [-0.05, 0) is 79.4 Å². The minimum absolute atomic E-state index is 0.0744. The number of imide groups is 1. The Morgan fingerprint density at radius 3 is 2.06 bits per heavy atom. The van der Waals surface area contributed by atoms with E-state index < -0.39 is 45.8 Å². The molecule has 0 bridgehead atoms. The van der Waals surface area contributed by atoms with Gasteiger partial charge in [0.1, 0.15) is 30.2 Å². The van der Waals surface area contributed by atoms with Crippen LogP contribution >= 0.6 is 0 Å². The lowest BCUT2D eigenvalue weighted by Gasteiger charge is -2.37. The summed E-state index contributed by atoms with van der Waals surface area (Å²) in [5, 5.41) is 2.83. The van der Waals surface area contributed by atoms with Crippen molar-refractivity contribution in [2.45, 2.75) is 51.4 Å². The zero-order valence-corrected chi connectivity index (χ0v) is 27.7. The number of nitrogens with zero attached hydrogens (tertiary/aromatic N) is 1. The molecule has 0 saturated heterocycles. The van der Waals surface area contributed by atoms with Crippen LogP contribution in [0.2, 0.25) is 0 Å². The maximum atomic E-state index is 14.1. The second-order valence-corrected chi connectivity index (χ2v) is 12.9. The molecule has 0 spiro atoms. The van der Waals surface area contributed by atoms with E-state index in [-0.39, 0.29) is 25.4 Å². The van der Waals surface area contributed by atoms with Gasteiger partial charge in [0.2, 0.25) is 0 Å². The van der Waals surface area contributed by atoms with Gasteiger partial charge in [-0.1, -0.05) is 60.7 Å². The lowest BCUT2D eigenvalue weighted by Crippen LogP contribution is -2.63. The molecule has 4 aromatic rings. The Kier molecular flexibility index (Phi) is 10.1. The van der Waals surface area contributed by atoms with Crippen molar-refractivity contribution in [3.05, 3.63) is 119 Å². The summed E-state index contributed by atoms with van der Waals surface area (Å²) in [7, 11) is 1.27. The average Bonchev–Trinajstić information content (AvgIpc) is 3.07. The Bertz CT molecular complexity index is 1800. The summed E-state index contributed by atoms with van der Waals surface area (Å²) in [4.78, 5) is 40.9. The highest BCUT2D eigenvalue weighted by Crippen LogP contribution is 2.35. The molecular weight excluding hydrogens is 637 g/mol. The van der Waals surface area contributed by atoms with Gasteiger partial charge < -0.3 is 19.5 Å². The van der Waals surface area contributed by atoms with Crippen LogP contribution in [-0.2, 0) is 33.4 Å². The highest BCUT2D eigenvalue weighted by atomic mass is 19.4. The molecule has 0 aliphatic carbocycles. The predicted octanol–water partition coefficient (Wildman–Crippen LogP) is 8.64. The predicted molar refractivity (Wildman–Crippen MR) is 177 cm³/mol. The molecule has 49 heavy (non-hydrogen) atoms. The van der Waals surface area contributed by atoms with Gasteiger partial charge in [-0.3, -0.25) is 4.79 Å². The zero-order chi connectivity index (χ0) is 35.4. The Balaban J connectivity index is 1.38. The monoisotopic (exact) mass is 675 g/mol. The molecule has 0 saturated carbocycles. The van der Waals surface area contributed by atoms with Crippen molar-refractivity contribution >= 4 is 18.1 Å². The van der Waals surface area contributed by atoms with Crippen molar-refractivity contribution in [2.75, 3.05) is 20.2 Å². The fraction of sp³-hybridized carbons (Fsp3) is 0.289. The molecule has 1 aliphatic heterocycles. The SMILES string of the molecule is COC(=O)C(CNC(=O)[N+]1(C(=O)OC(C)(C)C)CCc2ccc(Oc3ccc(C(F)(F)F)cc3)cc2C1)c1ccc(-c2ccccc2)cc1. The summed E-state index contributed by atoms with van der Waals surface area (Å²) in [5.74, 6) is -0.878. The third kappa shape index (κ3) is 8.29. The number of carbonyl (C=O) groups excluding carboxylic acids is 3. The Morgan fingerprint density at radius 1 is 0.816 bits per heavy atom. The van der Waals surface area contributed by atoms with Crippen LogP contribution in [0.3, 0.4) is 0 Å². The van der Waals surface area contributed by atoms with E-state index in [2.05, 4.69) is 5.32 Å². The second kappa shape index (κ2) is 14.1. The summed E-state index contributed by atoms with van der Waals surface area (Å²) in [5.41, 5.74) is 2.43. The number of urea groups is 1. The van der Waals surface area contributed by atoms with E-state index in [1.165, 1.54) is 19.2 Å². The van der Waals surface area contributed by atoms with E-state index in [1.807, 2.05) is 60.7 Å². The third-order valence-electron chi connectivity index (χ3n) is 8.29. The van der Waals surface area contributed by atoms with E-state index in [0.29, 0.717) is 23.3 Å². The Morgan fingerprint density at radius 2 is 1.45 bits per heavy atom. The van der Waals surface area contributed by atoms with Crippen molar-refractivity contribution < 1.29 is 46.2 Å². The highest BCUT2D eigenvalue weighted by molar-refractivity contribution is 5.83. The van der Waals surface area contributed by atoms with Crippen molar-refractivity contribution in [1.82, 2.24) is 5.32 Å². The van der Waals surface area contributed by atoms with E-state index >= 15 is 0 Å². The minimum Gasteiger partial charge on any atom is -0.468 e. The van der Waals surface area contributed by atoms with Crippen LogP contribution in [0.15, 0.2) is 97.1 Å². The lowest BCUT2D eigenvalue weighted by molar-refractivity contribution is -0.795. The number of alkyl halides is 3. The number of fused-ring (bicyclic) bond motifs is 1. The summed E-state index contributed by atoms with van der Waals surface area (Å²) in [6.45, 7) is 5.01. The normalized spacial score (nSPS) is 16.6. The molecule has 4 aromatic carbocycles. The fourth-order valence-electron chi connectivity index (χ4n) is 5.71. The summed E-state index contributed by atoms with van der Waals surface area (Å²) in [6.07, 6.45) is -4.88. The molecule has 2 unspecified atom stereocenters. The van der Waals surface area contributed by atoms with Crippen molar-refractivity contribution in [3.8, 4) is 22.6 Å². The van der Waals surface area contributed by atoms with Crippen LogP contribution in [0.1, 0.15) is 48.9 Å². The molecule has 0 fully saturated rings. The summed E-state index contributed by atoms with van der Waals surface area (Å²) < 4.78 is 55.0. The zero-order valence-electron chi connectivity index (χ0n) is 27.7. The summed E-state index contributed by atoms with van der Waals surface area (Å²) in [6, 6.07) is 26.0. The average molecular weight is 676 g/mol. The number of hydrogen-bond acceptors (Lipinski definition) is 6. The maximum Gasteiger partial charge on any atom is 0.526 e. The van der Waals surface area contributed by atoms with Gasteiger partial charge in [0.15, 0.2) is 0 Å². The number of benzene rings is 4. The van der Waals surface area contributed by atoms with Crippen LogP contribution < -0.4 is 10.1 Å². The first-order valence-corrected chi connectivity index (χ1v) is 15.8. The first-order valence-electron chi connectivity index (χ1n) is 15.8. The number of esters is 1. The molecule has 1 aliphatic rings. The topological polar surface area (TPSA) is 90.9 Å². The van der Waals surface area contributed by atoms with E-state index in [1.54, 1.807) is 32.9 Å². The second-order valence-electron chi connectivity index (χ2n) is 12.9. The number of amides is 3. The Labute approximate surface area is 283 Å². The number of quaternary nitrogens is 1. The number of carbonyl (C=O) groups is 3. The van der Waals surface area contributed by atoms with Gasteiger partial charge in [-0.25, -0.2) is 4.79 Å². The Hall–Kier alpha value is -5.16.